The van der Waals surface area contributed by atoms with Gasteiger partial charge in [0.2, 0.25) is 5.91 Å². The molecule has 0 aliphatic carbocycles. The van der Waals surface area contributed by atoms with E-state index in [2.05, 4.69) is 39.6 Å². The lowest BCUT2D eigenvalue weighted by atomic mass is 9.96. The standard InChI is InChI=1S/C16H25BrN2O2/c1-3-13(12-14-6-4-5-7-15(14)17)16(20)19-9-8-18-10-11-21-2/h4-7,13,18H,3,8-12H2,1-2H3,(H,19,20). The summed E-state index contributed by atoms with van der Waals surface area (Å²) >= 11 is 3.54. The zero-order valence-electron chi connectivity index (χ0n) is 12.8. The van der Waals surface area contributed by atoms with Crippen LogP contribution in [0.4, 0.5) is 0 Å². The van der Waals surface area contributed by atoms with Crippen LogP contribution >= 0.6 is 15.9 Å². The molecule has 0 aliphatic heterocycles. The number of halogens is 1. The second kappa shape index (κ2) is 10.8. The van der Waals surface area contributed by atoms with Crippen LogP contribution < -0.4 is 10.6 Å². The van der Waals surface area contributed by atoms with Gasteiger partial charge in [0, 0.05) is 37.1 Å². The lowest BCUT2D eigenvalue weighted by Crippen LogP contribution is -2.37. The van der Waals surface area contributed by atoms with Crippen LogP contribution in [0, 0.1) is 5.92 Å². The van der Waals surface area contributed by atoms with Gasteiger partial charge in [-0.15, -0.1) is 0 Å². The molecule has 2 N–H and O–H groups in total. The van der Waals surface area contributed by atoms with Gasteiger partial charge in [-0.2, -0.15) is 0 Å². The Morgan fingerprint density at radius 2 is 2.05 bits per heavy atom. The van der Waals surface area contributed by atoms with Crippen molar-refractivity contribution in [3.05, 3.63) is 34.3 Å². The van der Waals surface area contributed by atoms with E-state index in [1.54, 1.807) is 7.11 Å². The highest BCUT2D eigenvalue weighted by atomic mass is 79.9. The monoisotopic (exact) mass is 356 g/mol. The number of benzene rings is 1. The third-order valence-corrected chi connectivity index (χ3v) is 4.15. The van der Waals surface area contributed by atoms with E-state index in [-0.39, 0.29) is 11.8 Å². The quantitative estimate of drug-likeness (QED) is 0.632. The molecule has 0 radical (unpaired) electrons. The molecule has 0 saturated carbocycles. The highest BCUT2D eigenvalue weighted by Gasteiger charge is 2.17. The maximum Gasteiger partial charge on any atom is 0.223 e. The summed E-state index contributed by atoms with van der Waals surface area (Å²) in [5.74, 6) is 0.143. The molecule has 1 unspecified atom stereocenters. The molecular formula is C16H25BrN2O2. The minimum atomic E-state index is 0.0164. The van der Waals surface area contributed by atoms with Crippen molar-refractivity contribution in [2.24, 2.45) is 5.92 Å². The van der Waals surface area contributed by atoms with Crippen LogP contribution in [-0.4, -0.2) is 39.3 Å². The summed E-state index contributed by atoms with van der Waals surface area (Å²) in [4.78, 5) is 12.2. The molecule has 21 heavy (non-hydrogen) atoms. The van der Waals surface area contributed by atoms with E-state index in [1.165, 1.54) is 5.56 Å². The lowest BCUT2D eigenvalue weighted by molar-refractivity contribution is -0.125. The van der Waals surface area contributed by atoms with E-state index in [9.17, 15) is 4.79 Å². The molecule has 1 rings (SSSR count). The van der Waals surface area contributed by atoms with Gasteiger partial charge >= 0.3 is 0 Å². The van der Waals surface area contributed by atoms with Crippen molar-refractivity contribution in [3.8, 4) is 0 Å². The molecule has 0 aliphatic rings. The van der Waals surface area contributed by atoms with Gasteiger partial charge in [0.15, 0.2) is 0 Å². The van der Waals surface area contributed by atoms with Gasteiger partial charge in [-0.1, -0.05) is 41.1 Å². The van der Waals surface area contributed by atoms with Gasteiger partial charge in [0.25, 0.3) is 0 Å². The highest BCUT2D eigenvalue weighted by Crippen LogP contribution is 2.21. The fourth-order valence-corrected chi connectivity index (χ4v) is 2.52. The Morgan fingerprint density at radius 3 is 2.71 bits per heavy atom. The molecule has 0 aromatic heterocycles. The number of rotatable bonds is 10. The maximum absolute atomic E-state index is 12.2. The summed E-state index contributed by atoms with van der Waals surface area (Å²) in [7, 11) is 1.68. The highest BCUT2D eigenvalue weighted by molar-refractivity contribution is 9.10. The van der Waals surface area contributed by atoms with Crippen molar-refractivity contribution < 1.29 is 9.53 Å². The van der Waals surface area contributed by atoms with Crippen LogP contribution in [0.3, 0.4) is 0 Å². The van der Waals surface area contributed by atoms with Crippen LogP contribution in [0.15, 0.2) is 28.7 Å². The Morgan fingerprint density at radius 1 is 1.29 bits per heavy atom. The van der Waals surface area contributed by atoms with Crippen LogP contribution in [0.2, 0.25) is 0 Å². The summed E-state index contributed by atoms with van der Waals surface area (Å²) in [6, 6.07) is 8.07. The summed E-state index contributed by atoms with van der Waals surface area (Å²) in [6.07, 6.45) is 1.60. The Balaban J connectivity index is 2.34. The largest absolute Gasteiger partial charge is 0.383 e. The number of nitrogens with one attached hydrogen (secondary N) is 2. The Labute approximate surface area is 135 Å². The van der Waals surface area contributed by atoms with E-state index < -0.39 is 0 Å². The fraction of sp³-hybridized carbons (Fsp3) is 0.562. The Bertz CT molecular complexity index is 426. The van der Waals surface area contributed by atoms with E-state index >= 15 is 0 Å². The molecular weight excluding hydrogens is 332 g/mol. The van der Waals surface area contributed by atoms with Gasteiger partial charge in [0.05, 0.1) is 6.61 Å². The van der Waals surface area contributed by atoms with Gasteiger partial charge < -0.3 is 15.4 Å². The van der Waals surface area contributed by atoms with Crippen LogP contribution in [0.25, 0.3) is 0 Å². The second-order valence-corrected chi connectivity index (χ2v) is 5.79. The first-order valence-corrected chi connectivity index (χ1v) is 8.19. The minimum Gasteiger partial charge on any atom is -0.383 e. The average molecular weight is 357 g/mol. The number of hydrogen-bond donors (Lipinski definition) is 2. The van der Waals surface area contributed by atoms with Crippen molar-refractivity contribution >= 4 is 21.8 Å². The third kappa shape index (κ3) is 7.07. The van der Waals surface area contributed by atoms with Crippen molar-refractivity contribution in [1.82, 2.24) is 10.6 Å². The van der Waals surface area contributed by atoms with Gasteiger partial charge in [-0.05, 0) is 24.5 Å². The van der Waals surface area contributed by atoms with E-state index in [0.717, 1.165) is 30.4 Å². The number of amides is 1. The zero-order valence-corrected chi connectivity index (χ0v) is 14.4. The zero-order chi connectivity index (χ0) is 15.5. The first-order valence-electron chi connectivity index (χ1n) is 7.39. The Hall–Kier alpha value is -0.910. The number of methoxy groups -OCH3 is 1. The van der Waals surface area contributed by atoms with E-state index in [1.807, 2.05) is 18.2 Å². The smallest absolute Gasteiger partial charge is 0.223 e. The van der Waals surface area contributed by atoms with Crippen LogP contribution in [-0.2, 0) is 16.0 Å². The normalized spacial score (nSPS) is 12.1. The minimum absolute atomic E-state index is 0.0164. The van der Waals surface area contributed by atoms with Gasteiger partial charge in [-0.25, -0.2) is 0 Å². The van der Waals surface area contributed by atoms with Crippen molar-refractivity contribution in [2.45, 2.75) is 19.8 Å². The lowest BCUT2D eigenvalue weighted by Gasteiger charge is -2.16. The van der Waals surface area contributed by atoms with Gasteiger partial charge in [-0.3, -0.25) is 4.79 Å². The van der Waals surface area contributed by atoms with Crippen LogP contribution in [0.1, 0.15) is 18.9 Å². The van der Waals surface area contributed by atoms with Crippen molar-refractivity contribution in [2.75, 3.05) is 33.4 Å². The summed E-state index contributed by atoms with van der Waals surface area (Å²) in [5, 5.41) is 6.20. The van der Waals surface area contributed by atoms with Crippen LogP contribution in [0.5, 0.6) is 0 Å². The molecule has 1 aromatic rings. The molecule has 4 nitrogen and oxygen atoms in total. The Kier molecular flexibility index (Phi) is 9.30. The maximum atomic E-state index is 12.2. The number of hydrogen-bond acceptors (Lipinski definition) is 3. The average Bonchev–Trinajstić information content (AvgIpc) is 2.49. The fourth-order valence-electron chi connectivity index (χ4n) is 2.07. The first kappa shape index (κ1) is 18.1. The molecule has 0 saturated heterocycles. The SMILES string of the molecule is CCC(Cc1ccccc1Br)C(=O)NCCNCCOC. The summed E-state index contributed by atoms with van der Waals surface area (Å²) in [6.45, 7) is 4.96. The molecule has 1 aromatic carbocycles. The summed E-state index contributed by atoms with van der Waals surface area (Å²) in [5.41, 5.74) is 1.18. The predicted octanol–water partition coefficient (Wildman–Crippen LogP) is 2.37. The molecule has 118 valence electrons. The number of carbonyl (C=O) groups excluding carboxylic acids is 1. The molecule has 0 bridgehead atoms. The van der Waals surface area contributed by atoms with Crippen molar-refractivity contribution in [3.63, 3.8) is 0 Å². The van der Waals surface area contributed by atoms with E-state index in [0.29, 0.717) is 13.2 Å². The molecule has 0 fully saturated rings. The molecule has 0 heterocycles. The predicted molar refractivity (Wildman–Crippen MR) is 89.4 cm³/mol. The third-order valence-electron chi connectivity index (χ3n) is 3.37. The molecule has 0 spiro atoms. The second-order valence-electron chi connectivity index (χ2n) is 4.93. The number of ether oxygens (including phenoxy) is 1. The van der Waals surface area contributed by atoms with Crippen molar-refractivity contribution in [1.29, 1.82) is 0 Å². The topological polar surface area (TPSA) is 50.4 Å². The number of carbonyl (C=O) groups is 1. The molecule has 1 atom stereocenters. The molecule has 1 amide bonds. The van der Waals surface area contributed by atoms with Gasteiger partial charge in [0.1, 0.15) is 0 Å². The molecule has 5 heteroatoms. The van der Waals surface area contributed by atoms with E-state index in [4.69, 9.17) is 4.74 Å². The first-order chi connectivity index (χ1) is 10.2. The summed E-state index contributed by atoms with van der Waals surface area (Å²) < 4.78 is 6.02.